The Morgan fingerprint density at radius 2 is 1.60 bits per heavy atom. The first kappa shape index (κ1) is 21.4. The van der Waals surface area contributed by atoms with Gasteiger partial charge in [0, 0.05) is 6.54 Å². The Kier molecular flexibility index (Phi) is 7.46. The van der Waals surface area contributed by atoms with Crippen molar-refractivity contribution in [2.45, 2.75) is 6.42 Å². The van der Waals surface area contributed by atoms with Gasteiger partial charge in [0.25, 0.3) is 0 Å². The van der Waals surface area contributed by atoms with E-state index in [9.17, 15) is 4.79 Å². The van der Waals surface area contributed by atoms with Crippen molar-refractivity contribution in [2.24, 2.45) is 0 Å². The zero-order chi connectivity index (χ0) is 21.3. The Labute approximate surface area is 177 Å². The van der Waals surface area contributed by atoms with Gasteiger partial charge in [-0.3, -0.25) is 0 Å². The van der Waals surface area contributed by atoms with Crippen LogP contribution in [0, 0.1) is 0 Å². The molecule has 0 fully saturated rings. The molecule has 0 aliphatic heterocycles. The van der Waals surface area contributed by atoms with Crippen molar-refractivity contribution in [1.82, 2.24) is 4.90 Å². The molecule has 3 rings (SSSR count). The summed E-state index contributed by atoms with van der Waals surface area (Å²) >= 11 is 0. The van der Waals surface area contributed by atoms with E-state index in [0.717, 1.165) is 35.4 Å². The third-order valence-electron chi connectivity index (χ3n) is 4.65. The van der Waals surface area contributed by atoms with E-state index >= 15 is 0 Å². The predicted molar refractivity (Wildman–Crippen MR) is 118 cm³/mol. The molecule has 0 heterocycles. The number of carboxylic acids is 1. The summed E-state index contributed by atoms with van der Waals surface area (Å²) in [7, 11) is 4.04. The van der Waals surface area contributed by atoms with Gasteiger partial charge < -0.3 is 19.5 Å². The van der Waals surface area contributed by atoms with E-state index in [-0.39, 0.29) is 6.61 Å². The number of carbonyl (C=O) groups is 1. The predicted octanol–water partition coefficient (Wildman–Crippen LogP) is 4.35. The molecule has 0 aliphatic rings. The van der Waals surface area contributed by atoms with Crippen LogP contribution in [-0.2, 0) is 11.2 Å². The van der Waals surface area contributed by atoms with Crippen molar-refractivity contribution in [1.29, 1.82) is 0 Å². The van der Waals surface area contributed by atoms with Crippen LogP contribution in [0.1, 0.15) is 11.1 Å². The van der Waals surface area contributed by atoms with E-state index < -0.39 is 5.97 Å². The summed E-state index contributed by atoms with van der Waals surface area (Å²) in [5.41, 5.74) is 4.41. The Morgan fingerprint density at radius 1 is 0.900 bits per heavy atom. The fourth-order valence-electron chi connectivity index (χ4n) is 3.13. The summed E-state index contributed by atoms with van der Waals surface area (Å²) in [6, 6.07) is 24.0. The maximum Gasteiger partial charge on any atom is 0.341 e. The summed E-state index contributed by atoms with van der Waals surface area (Å²) in [6.07, 6.45) is 0.724. The molecule has 5 heteroatoms. The Morgan fingerprint density at radius 3 is 2.27 bits per heavy atom. The largest absolute Gasteiger partial charge is 0.492 e. The molecule has 3 aromatic rings. The Hall–Kier alpha value is -3.31. The second kappa shape index (κ2) is 10.5. The number of hydrogen-bond donors (Lipinski definition) is 1. The lowest BCUT2D eigenvalue weighted by atomic mass is 9.94. The monoisotopic (exact) mass is 405 g/mol. The molecule has 0 spiro atoms. The zero-order valence-electron chi connectivity index (χ0n) is 17.4. The number of likely N-dealkylation sites (N-methyl/N-ethyl adjacent to an activating group) is 1. The number of benzene rings is 3. The average Bonchev–Trinajstić information content (AvgIpc) is 2.73. The van der Waals surface area contributed by atoms with Crippen LogP contribution in [0.2, 0.25) is 0 Å². The van der Waals surface area contributed by atoms with Gasteiger partial charge in [-0.05, 0) is 67.0 Å². The highest BCUT2D eigenvalue weighted by atomic mass is 16.5. The van der Waals surface area contributed by atoms with Gasteiger partial charge in [0.1, 0.15) is 18.1 Å². The van der Waals surface area contributed by atoms with Crippen molar-refractivity contribution in [3.05, 3.63) is 83.9 Å². The van der Waals surface area contributed by atoms with E-state index in [4.69, 9.17) is 14.6 Å². The van der Waals surface area contributed by atoms with Crippen molar-refractivity contribution in [3.8, 4) is 22.6 Å². The molecule has 156 valence electrons. The fraction of sp³-hybridized carbons (Fsp3) is 0.240. The van der Waals surface area contributed by atoms with Crippen LogP contribution in [0.15, 0.2) is 72.8 Å². The third-order valence-corrected chi connectivity index (χ3v) is 4.65. The molecule has 0 aliphatic carbocycles. The van der Waals surface area contributed by atoms with Crippen LogP contribution in [0.4, 0.5) is 0 Å². The van der Waals surface area contributed by atoms with Gasteiger partial charge in [-0.1, -0.05) is 48.5 Å². The molecule has 1 N–H and O–H groups in total. The maximum atomic E-state index is 10.8. The summed E-state index contributed by atoms with van der Waals surface area (Å²) in [4.78, 5) is 12.9. The number of rotatable bonds is 10. The quantitative estimate of drug-likeness (QED) is 0.543. The van der Waals surface area contributed by atoms with Gasteiger partial charge >= 0.3 is 5.97 Å². The second-order valence-electron chi connectivity index (χ2n) is 7.34. The molecule has 0 saturated carbocycles. The van der Waals surface area contributed by atoms with E-state index in [1.165, 1.54) is 5.56 Å². The van der Waals surface area contributed by atoms with Crippen LogP contribution in [-0.4, -0.2) is 49.8 Å². The molecule has 0 radical (unpaired) electrons. The van der Waals surface area contributed by atoms with Gasteiger partial charge in [0.15, 0.2) is 6.61 Å². The summed E-state index contributed by atoms with van der Waals surface area (Å²) in [5.74, 6) is 0.399. The van der Waals surface area contributed by atoms with Crippen molar-refractivity contribution in [3.63, 3.8) is 0 Å². The molecule has 0 bridgehead atoms. The molecule has 0 amide bonds. The SMILES string of the molecule is CN(C)CCOc1ccc(-c2ccc(OCC(=O)O)cc2Cc2ccccc2)cc1. The van der Waals surface area contributed by atoms with Gasteiger partial charge in [-0.2, -0.15) is 0 Å². The highest BCUT2D eigenvalue weighted by Gasteiger charge is 2.10. The van der Waals surface area contributed by atoms with Crippen molar-refractivity contribution in [2.75, 3.05) is 33.9 Å². The van der Waals surface area contributed by atoms with Gasteiger partial charge in [-0.25, -0.2) is 4.79 Å². The maximum absolute atomic E-state index is 10.8. The number of carboxylic acid groups (broad SMARTS) is 1. The van der Waals surface area contributed by atoms with Crippen LogP contribution in [0.5, 0.6) is 11.5 Å². The van der Waals surface area contributed by atoms with E-state index in [1.54, 1.807) is 0 Å². The molecule has 3 aromatic carbocycles. The lowest BCUT2D eigenvalue weighted by Gasteiger charge is -2.14. The standard InChI is InChI=1S/C25H27NO4/c1-26(2)14-15-29-22-10-8-20(9-11-22)24-13-12-23(30-18-25(27)28)17-21(24)16-19-6-4-3-5-7-19/h3-13,17H,14-16,18H2,1-2H3,(H,27,28). The highest BCUT2D eigenvalue weighted by Crippen LogP contribution is 2.30. The summed E-state index contributed by atoms with van der Waals surface area (Å²) in [5, 5.41) is 8.89. The minimum atomic E-state index is -0.992. The van der Waals surface area contributed by atoms with E-state index in [0.29, 0.717) is 12.4 Å². The zero-order valence-corrected chi connectivity index (χ0v) is 17.4. The first-order chi connectivity index (χ1) is 14.5. The van der Waals surface area contributed by atoms with E-state index in [1.807, 2.05) is 74.8 Å². The number of nitrogens with zero attached hydrogens (tertiary/aromatic N) is 1. The highest BCUT2D eigenvalue weighted by molar-refractivity contribution is 5.70. The molecule has 5 nitrogen and oxygen atoms in total. The molecule has 0 aromatic heterocycles. The van der Waals surface area contributed by atoms with Crippen LogP contribution < -0.4 is 9.47 Å². The first-order valence-electron chi connectivity index (χ1n) is 9.90. The fourth-order valence-corrected chi connectivity index (χ4v) is 3.13. The third kappa shape index (κ3) is 6.36. The van der Waals surface area contributed by atoms with Crippen LogP contribution in [0.3, 0.4) is 0 Å². The number of hydrogen-bond acceptors (Lipinski definition) is 4. The smallest absolute Gasteiger partial charge is 0.341 e. The van der Waals surface area contributed by atoms with Gasteiger partial charge in [0.2, 0.25) is 0 Å². The molecule has 0 saturated heterocycles. The molecular weight excluding hydrogens is 378 g/mol. The number of ether oxygens (including phenoxy) is 2. The molecular formula is C25H27NO4. The minimum Gasteiger partial charge on any atom is -0.492 e. The normalized spacial score (nSPS) is 10.8. The summed E-state index contributed by atoms with van der Waals surface area (Å²) in [6.45, 7) is 1.14. The van der Waals surface area contributed by atoms with Gasteiger partial charge in [-0.15, -0.1) is 0 Å². The van der Waals surface area contributed by atoms with E-state index in [2.05, 4.69) is 17.0 Å². The second-order valence-corrected chi connectivity index (χ2v) is 7.34. The van der Waals surface area contributed by atoms with Crippen LogP contribution >= 0.6 is 0 Å². The lowest BCUT2D eigenvalue weighted by molar-refractivity contribution is -0.139. The van der Waals surface area contributed by atoms with Crippen LogP contribution in [0.25, 0.3) is 11.1 Å². The Bertz CT molecular complexity index is 953. The topological polar surface area (TPSA) is 59.0 Å². The van der Waals surface area contributed by atoms with Crippen molar-refractivity contribution >= 4 is 5.97 Å². The lowest BCUT2D eigenvalue weighted by Crippen LogP contribution is -2.19. The Balaban J connectivity index is 1.83. The first-order valence-corrected chi connectivity index (χ1v) is 9.90. The molecule has 30 heavy (non-hydrogen) atoms. The number of aliphatic carboxylic acids is 1. The molecule has 0 unspecified atom stereocenters. The molecule has 0 atom stereocenters. The van der Waals surface area contributed by atoms with Crippen molar-refractivity contribution < 1.29 is 19.4 Å². The average molecular weight is 405 g/mol. The minimum absolute atomic E-state index is 0.358. The summed E-state index contributed by atoms with van der Waals surface area (Å²) < 4.78 is 11.2. The van der Waals surface area contributed by atoms with Gasteiger partial charge in [0.05, 0.1) is 0 Å².